The van der Waals surface area contributed by atoms with E-state index in [1.54, 1.807) is 18.2 Å². The fourth-order valence-electron chi connectivity index (χ4n) is 2.28. The molecule has 0 aliphatic rings. The Labute approximate surface area is 142 Å². The van der Waals surface area contributed by atoms with E-state index in [0.717, 1.165) is 0 Å². The number of carbonyl (C=O) groups is 2. The summed E-state index contributed by atoms with van der Waals surface area (Å²) in [4.78, 5) is 26.3. The molecule has 1 heterocycles. The molecule has 0 atom stereocenters. The minimum Gasteiger partial charge on any atom is -0.505 e. The summed E-state index contributed by atoms with van der Waals surface area (Å²) in [6, 6.07) is 14.2. The molecule has 1 amide bonds. The molecule has 0 bridgehead atoms. The van der Waals surface area contributed by atoms with Crippen molar-refractivity contribution in [2.75, 3.05) is 6.54 Å². The average molecular weight is 338 g/mol. The molecule has 0 saturated carbocycles. The molecular formula is C18H14N2O5. The van der Waals surface area contributed by atoms with Crippen molar-refractivity contribution in [3.05, 3.63) is 60.4 Å². The van der Waals surface area contributed by atoms with E-state index in [-0.39, 0.29) is 11.4 Å². The van der Waals surface area contributed by atoms with Crippen molar-refractivity contribution in [2.24, 2.45) is 0 Å². The molecule has 0 aliphatic carbocycles. The fraction of sp³-hybridized carbons (Fsp3) is 0.0556. The van der Waals surface area contributed by atoms with E-state index in [9.17, 15) is 14.7 Å². The Bertz CT molecular complexity index is 941. The first-order valence-corrected chi connectivity index (χ1v) is 7.39. The second-order valence-corrected chi connectivity index (χ2v) is 5.20. The number of carbonyl (C=O) groups excluding carboxylic acids is 1. The monoisotopic (exact) mass is 338 g/mol. The maximum absolute atomic E-state index is 11.9. The summed E-state index contributed by atoms with van der Waals surface area (Å²) in [6.07, 6.45) is 1.42. The predicted octanol–water partition coefficient (Wildman–Crippen LogP) is 2.55. The molecule has 0 unspecified atom stereocenters. The van der Waals surface area contributed by atoms with Gasteiger partial charge in [-0.05, 0) is 30.3 Å². The minimum absolute atomic E-state index is 0.231. The summed E-state index contributed by atoms with van der Waals surface area (Å²) in [5, 5.41) is 22.0. The number of nitrogens with one attached hydrogen (secondary N) is 1. The van der Waals surface area contributed by atoms with Crippen molar-refractivity contribution < 1.29 is 24.5 Å². The third-order valence-electron chi connectivity index (χ3n) is 3.43. The lowest BCUT2D eigenvalue weighted by molar-refractivity contribution is -0.135. The molecule has 0 fully saturated rings. The molecule has 3 aromatic rings. The molecule has 7 nitrogen and oxygen atoms in total. The van der Waals surface area contributed by atoms with Gasteiger partial charge in [-0.1, -0.05) is 18.2 Å². The first-order chi connectivity index (χ1) is 12.0. The molecule has 3 rings (SSSR count). The van der Waals surface area contributed by atoms with Gasteiger partial charge in [-0.25, -0.2) is 4.98 Å². The van der Waals surface area contributed by atoms with Crippen LogP contribution >= 0.6 is 0 Å². The topological polar surface area (TPSA) is 109 Å². The van der Waals surface area contributed by atoms with Crippen molar-refractivity contribution in [1.29, 1.82) is 0 Å². The van der Waals surface area contributed by atoms with E-state index in [1.807, 2.05) is 30.3 Å². The van der Waals surface area contributed by atoms with Crippen LogP contribution in [0.5, 0.6) is 17.2 Å². The number of amides is 1. The molecule has 2 aromatic carbocycles. The van der Waals surface area contributed by atoms with E-state index in [2.05, 4.69) is 10.3 Å². The Morgan fingerprint density at radius 1 is 1.08 bits per heavy atom. The normalized spacial score (nSPS) is 10.4. The number of aromatic nitrogens is 1. The second-order valence-electron chi connectivity index (χ2n) is 5.20. The quantitative estimate of drug-likeness (QED) is 0.660. The molecule has 7 heteroatoms. The van der Waals surface area contributed by atoms with Gasteiger partial charge in [-0.2, -0.15) is 0 Å². The van der Waals surface area contributed by atoms with Gasteiger partial charge < -0.3 is 20.3 Å². The van der Waals surface area contributed by atoms with Crippen LogP contribution in [0, 0.1) is 0 Å². The van der Waals surface area contributed by atoms with Gasteiger partial charge >= 0.3 is 5.97 Å². The van der Waals surface area contributed by atoms with Gasteiger partial charge in [0.2, 0.25) is 0 Å². The molecule has 0 spiro atoms. The van der Waals surface area contributed by atoms with Gasteiger partial charge in [-0.3, -0.25) is 9.59 Å². The largest absolute Gasteiger partial charge is 0.505 e. The number of carboxylic acid groups (broad SMARTS) is 1. The number of nitrogens with zero attached hydrogens (tertiary/aromatic N) is 1. The van der Waals surface area contributed by atoms with Crippen molar-refractivity contribution >= 4 is 22.6 Å². The van der Waals surface area contributed by atoms with Crippen LogP contribution in [0.1, 0.15) is 10.5 Å². The van der Waals surface area contributed by atoms with Crippen LogP contribution < -0.4 is 10.1 Å². The Hall–Kier alpha value is -3.61. The highest BCUT2D eigenvalue weighted by Crippen LogP contribution is 2.31. The van der Waals surface area contributed by atoms with Crippen molar-refractivity contribution in [1.82, 2.24) is 10.3 Å². The number of carboxylic acids is 1. The van der Waals surface area contributed by atoms with Gasteiger partial charge in [0.05, 0.1) is 0 Å². The van der Waals surface area contributed by atoms with Crippen LogP contribution in [-0.2, 0) is 4.79 Å². The van der Waals surface area contributed by atoms with Gasteiger partial charge in [0.15, 0.2) is 11.4 Å². The summed E-state index contributed by atoms with van der Waals surface area (Å²) in [5.41, 5.74) is -0.231. The van der Waals surface area contributed by atoms with Crippen LogP contribution in [0.15, 0.2) is 54.7 Å². The first kappa shape index (κ1) is 16.3. The number of benzene rings is 2. The zero-order valence-corrected chi connectivity index (χ0v) is 13.0. The summed E-state index contributed by atoms with van der Waals surface area (Å²) in [6.45, 7) is -0.554. The summed E-state index contributed by atoms with van der Waals surface area (Å²) < 4.78 is 5.71. The number of ether oxygens (including phenoxy) is 1. The summed E-state index contributed by atoms with van der Waals surface area (Å²) in [5.74, 6) is -1.03. The first-order valence-electron chi connectivity index (χ1n) is 7.39. The Balaban J connectivity index is 1.88. The number of aromatic hydroxyl groups is 1. The Kier molecular flexibility index (Phi) is 4.47. The van der Waals surface area contributed by atoms with Gasteiger partial charge in [0, 0.05) is 17.0 Å². The molecule has 3 N–H and O–H groups in total. The molecule has 0 saturated heterocycles. The van der Waals surface area contributed by atoms with E-state index in [1.165, 1.54) is 6.20 Å². The average Bonchev–Trinajstić information content (AvgIpc) is 2.61. The smallest absolute Gasteiger partial charge is 0.322 e. The molecule has 25 heavy (non-hydrogen) atoms. The van der Waals surface area contributed by atoms with Crippen LogP contribution in [0.4, 0.5) is 0 Å². The molecular weight excluding hydrogens is 324 g/mol. The number of rotatable bonds is 5. The number of aliphatic carboxylic acids is 1. The lowest BCUT2D eigenvalue weighted by Gasteiger charge is -2.09. The number of hydrogen-bond donors (Lipinski definition) is 3. The number of para-hydroxylation sites is 1. The third-order valence-corrected chi connectivity index (χ3v) is 3.43. The van der Waals surface area contributed by atoms with Crippen LogP contribution in [-0.4, -0.2) is 33.6 Å². The van der Waals surface area contributed by atoms with Gasteiger partial charge in [0.25, 0.3) is 5.91 Å². The summed E-state index contributed by atoms with van der Waals surface area (Å²) in [7, 11) is 0. The second kappa shape index (κ2) is 6.88. The molecule has 1 aromatic heterocycles. The van der Waals surface area contributed by atoms with Crippen LogP contribution in [0.2, 0.25) is 0 Å². The van der Waals surface area contributed by atoms with Crippen molar-refractivity contribution in [3.63, 3.8) is 0 Å². The molecule has 126 valence electrons. The zero-order chi connectivity index (χ0) is 17.8. The van der Waals surface area contributed by atoms with Crippen LogP contribution in [0.25, 0.3) is 10.8 Å². The zero-order valence-electron chi connectivity index (χ0n) is 13.0. The fourth-order valence-corrected chi connectivity index (χ4v) is 2.28. The van der Waals surface area contributed by atoms with E-state index in [0.29, 0.717) is 22.3 Å². The minimum atomic E-state index is -1.18. The highest BCUT2D eigenvalue weighted by Gasteiger charge is 2.16. The van der Waals surface area contributed by atoms with Gasteiger partial charge in [0.1, 0.15) is 18.0 Å². The summed E-state index contributed by atoms with van der Waals surface area (Å²) >= 11 is 0. The third kappa shape index (κ3) is 3.66. The number of hydrogen-bond acceptors (Lipinski definition) is 5. The highest BCUT2D eigenvalue weighted by molar-refractivity contribution is 6.02. The standard InChI is InChI=1S/C18H14N2O5/c21-15(22)10-20-18(24)16-17(23)14-7-6-13(8-11(14)9-19-16)25-12-4-2-1-3-5-12/h1-9,23H,10H2,(H,20,24)(H,21,22). The lowest BCUT2D eigenvalue weighted by Crippen LogP contribution is -2.29. The Morgan fingerprint density at radius 3 is 2.56 bits per heavy atom. The SMILES string of the molecule is O=C(O)CNC(=O)c1ncc2cc(Oc3ccccc3)ccc2c1O. The van der Waals surface area contributed by atoms with E-state index in [4.69, 9.17) is 9.84 Å². The number of pyridine rings is 1. The molecule has 0 aliphatic heterocycles. The van der Waals surface area contributed by atoms with Gasteiger partial charge in [-0.15, -0.1) is 0 Å². The highest BCUT2D eigenvalue weighted by atomic mass is 16.5. The Morgan fingerprint density at radius 2 is 1.84 bits per heavy atom. The maximum atomic E-state index is 11.9. The van der Waals surface area contributed by atoms with Crippen molar-refractivity contribution in [3.8, 4) is 17.2 Å². The lowest BCUT2D eigenvalue weighted by atomic mass is 10.1. The van der Waals surface area contributed by atoms with E-state index >= 15 is 0 Å². The molecule has 0 radical (unpaired) electrons. The van der Waals surface area contributed by atoms with Crippen LogP contribution in [0.3, 0.4) is 0 Å². The number of fused-ring (bicyclic) bond motifs is 1. The van der Waals surface area contributed by atoms with Crippen molar-refractivity contribution in [2.45, 2.75) is 0 Å². The van der Waals surface area contributed by atoms with E-state index < -0.39 is 18.4 Å². The maximum Gasteiger partial charge on any atom is 0.322 e. The predicted molar refractivity (Wildman–Crippen MR) is 89.9 cm³/mol.